The van der Waals surface area contributed by atoms with Gasteiger partial charge in [0.1, 0.15) is 10.8 Å². The Morgan fingerprint density at radius 3 is 2.94 bits per heavy atom. The molecule has 0 aromatic carbocycles. The van der Waals surface area contributed by atoms with Crippen molar-refractivity contribution in [1.29, 1.82) is 0 Å². The molecule has 2 aromatic heterocycles. The van der Waals surface area contributed by atoms with Crippen LogP contribution in [0.15, 0.2) is 34.2 Å². The van der Waals surface area contributed by atoms with Crippen LogP contribution < -0.4 is 11.1 Å². The Labute approximate surface area is 124 Å². The standard InChI is InChI=1S/C12H12BrN3S2/c13-10-2-1-9(18-10)4-6-16-11-7-8(12(14)17)3-5-15-11/h1-3,5,7H,4,6H2,(H2,14,17)(H,15,16). The zero-order valence-corrected chi connectivity index (χ0v) is 12.7. The van der Waals surface area contributed by atoms with Crippen LogP contribution in [0.2, 0.25) is 0 Å². The summed E-state index contributed by atoms with van der Waals surface area (Å²) >= 11 is 10.1. The van der Waals surface area contributed by atoms with Crippen LogP contribution in [0.5, 0.6) is 0 Å². The van der Waals surface area contributed by atoms with Crippen molar-refractivity contribution >= 4 is 50.3 Å². The maximum absolute atomic E-state index is 5.58. The molecule has 2 heterocycles. The van der Waals surface area contributed by atoms with Crippen molar-refractivity contribution < 1.29 is 0 Å². The van der Waals surface area contributed by atoms with Crippen LogP contribution in [0.25, 0.3) is 0 Å². The number of thiocarbonyl (C=S) groups is 1. The lowest BCUT2D eigenvalue weighted by molar-refractivity contribution is 1.03. The van der Waals surface area contributed by atoms with Crippen LogP contribution in [0.3, 0.4) is 0 Å². The van der Waals surface area contributed by atoms with Gasteiger partial charge in [-0.1, -0.05) is 12.2 Å². The third-order valence-electron chi connectivity index (χ3n) is 2.35. The number of rotatable bonds is 5. The molecule has 0 aliphatic carbocycles. The van der Waals surface area contributed by atoms with Crippen molar-refractivity contribution in [1.82, 2.24) is 4.98 Å². The Morgan fingerprint density at radius 1 is 1.44 bits per heavy atom. The summed E-state index contributed by atoms with van der Waals surface area (Å²) < 4.78 is 1.16. The van der Waals surface area contributed by atoms with Crippen LogP contribution in [0.1, 0.15) is 10.4 Å². The number of halogens is 1. The molecule has 0 unspecified atom stereocenters. The third kappa shape index (κ3) is 3.76. The highest BCUT2D eigenvalue weighted by atomic mass is 79.9. The molecular weight excluding hydrogens is 330 g/mol. The molecule has 0 radical (unpaired) electrons. The minimum atomic E-state index is 0.391. The van der Waals surface area contributed by atoms with Crippen LogP contribution in [-0.2, 0) is 6.42 Å². The summed E-state index contributed by atoms with van der Waals surface area (Å²) in [6.45, 7) is 0.834. The highest BCUT2D eigenvalue weighted by molar-refractivity contribution is 9.11. The molecule has 0 bridgehead atoms. The molecule has 0 aliphatic rings. The molecule has 0 saturated heterocycles. The molecular formula is C12H12BrN3S2. The Hall–Kier alpha value is -0.980. The molecule has 18 heavy (non-hydrogen) atoms. The molecule has 94 valence electrons. The first-order valence-corrected chi connectivity index (χ1v) is 7.41. The van der Waals surface area contributed by atoms with Crippen molar-refractivity contribution in [3.8, 4) is 0 Å². The van der Waals surface area contributed by atoms with Gasteiger partial charge in [0.15, 0.2) is 0 Å². The Morgan fingerprint density at radius 2 is 2.28 bits per heavy atom. The molecule has 3 N–H and O–H groups in total. The lowest BCUT2D eigenvalue weighted by Crippen LogP contribution is -2.11. The van der Waals surface area contributed by atoms with Gasteiger partial charge in [-0.15, -0.1) is 11.3 Å². The predicted molar refractivity (Wildman–Crippen MR) is 84.3 cm³/mol. The maximum atomic E-state index is 5.58. The zero-order chi connectivity index (χ0) is 13.0. The smallest absolute Gasteiger partial charge is 0.126 e. The van der Waals surface area contributed by atoms with Crippen LogP contribution in [0, 0.1) is 0 Å². The minimum Gasteiger partial charge on any atom is -0.389 e. The highest BCUT2D eigenvalue weighted by Gasteiger charge is 2.00. The van der Waals surface area contributed by atoms with E-state index in [1.165, 1.54) is 4.88 Å². The largest absolute Gasteiger partial charge is 0.389 e. The number of nitrogens with zero attached hydrogens (tertiary/aromatic N) is 1. The first-order chi connectivity index (χ1) is 8.65. The molecule has 3 nitrogen and oxygen atoms in total. The van der Waals surface area contributed by atoms with Gasteiger partial charge in [0.25, 0.3) is 0 Å². The lowest BCUT2D eigenvalue weighted by Gasteiger charge is -2.06. The SMILES string of the molecule is NC(=S)c1ccnc(NCCc2ccc(Br)s2)c1. The van der Waals surface area contributed by atoms with Gasteiger partial charge in [0.2, 0.25) is 0 Å². The molecule has 6 heteroatoms. The van der Waals surface area contributed by atoms with Gasteiger partial charge in [-0.2, -0.15) is 0 Å². The van der Waals surface area contributed by atoms with E-state index in [9.17, 15) is 0 Å². The zero-order valence-electron chi connectivity index (χ0n) is 9.52. The van der Waals surface area contributed by atoms with Crippen molar-refractivity contribution in [2.24, 2.45) is 5.73 Å². The van der Waals surface area contributed by atoms with Gasteiger partial charge < -0.3 is 11.1 Å². The minimum absolute atomic E-state index is 0.391. The van der Waals surface area contributed by atoms with Crippen molar-refractivity contribution in [2.45, 2.75) is 6.42 Å². The van der Waals surface area contributed by atoms with E-state index in [2.05, 4.69) is 38.4 Å². The van der Waals surface area contributed by atoms with E-state index < -0.39 is 0 Å². The number of hydrogen-bond donors (Lipinski definition) is 2. The fourth-order valence-electron chi connectivity index (χ4n) is 1.48. The van der Waals surface area contributed by atoms with Gasteiger partial charge in [-0.05, 0) is 46.6 Å². The highest BCUT2D eigenvalue weighted by Crippen LogP contribution is 2.22. The van der Waals surface area contributed by atoms with Crippen LogP contribution >= 0.6 is 39.5 Å². The second-order valence-corrected chi connectivity index (χ2v) is 6.66. The summed E-state index contributed by atoms with van der Waals surface area (Å²) in [5.74, 6) is 0.802. The van der Waals surface area contributed by atoms with Crippen LogP contribution in [-0.4, -0.2) is 16.5 Å². The van der Waals surface area contributed by atoms with Gasteiger partial charge in [0.05, 0.1) is 3.79 Å². The van der Waals surface area contributed by atoms with Crippen molar-refractivity contribution in [3.05, 3.63) is 44.7 Å². The van der Waals surface area contributed by atoms with E-state index >= 15 is 0 Å². The fraction of sp³-hybridized carbons (Fsp3) is 0.167. The van der Waals surface area contributed by atoms with Gasteiger partial charge >= 0.3 is 0 Å². The van der Waals surface area contributed by atoms with Gasteiger partial charge in [-0.3, -0.25) is 0 Å². The molecule has 0 fully saturated rings. The maximum Gasteiger partial charge on any atom is 0.126 e. The summed E-state index contributed by atoms with van der Waals surface area (Å²) in [6, 6.07) is 7.86. The van der Waals surface area contributed by atoms with Gasteiger partial charge in [-0.25, -0.2) is 4.98 Å². The van der Waals surface area contributed by atoms with Gasteiger partial charge in [0, 0.05) is 23.2 Å². The third-order valence-corrected chi connectivity index (χ3v) is 4.27. The quantitative estimate of drug-likeness (QED) is 0.820. The molecule has 0 amide bonds. The van der Waals surface area contributed by atoms with E-state index in [-0.39, 0.29) is 0 Å². The number of nitrogens with one attached hydrogen (secondary N) is 1. The predicted octanol–water partition coefficient (Wildman–Crippen LogP) is 3.19. The van der Waals surface area contributed by atoms with E-state index in [0.717, 1.165) is 28.1 Å². The molecule has 2 rings (SSSR count). The summed E-state index contributed by atoms with van der Waals surface area (Å²) in [7, 11) is 0. The first kappa shape index (κ1) is 13.5. The number of anilines is 1. The fourth-order valence-corrected chi connectivity index (χ4v) is 3.09. The Kier molecular flexibility index (Phi) is 4.68. The number of pyridine rings is 1. The number of hydrogen-bond acceptors (Lipinski definition) is 4. The summed E-state index contributed by atoms with van der Waals surface area (Å²) in [5, 5.41) is 3.26. The van der Waals surface area contributed by atoms with E-state index in [1.807, 2.05) is 12.1 Å². The average Bonchev–Trinajstić information content (AvgIpc) is 2.75. The molecule has 0 atom stereocenters. The van der Waals surface area contributed by atoms with Crippen molar-refractivity contribution in [3.63, 3.8) is 0 Å². The summed E-state index contributed by atoms with van der Waals surface area (Å²) in [4.78, 5) is 5.95. The van der Waals surface area contributed by atoms with E-state index in [0.29, 0.717) is 4.99 Å². The second kappa shape index (κ2) is 6.26. The van der Waals surface area contributed by atoms with E-state index in [1.54, 1.807) is 17.5 Å². The molecule has 2 aromatic rings. The second-order valence-electron chi connectivity index (χ2n) is 3.68. The topological polar surface area (TPSA) is 50.9 Å². The van der Waals surface area contributed by atoms with Crippen LogP contribution in [0.4, 0.5) is 5.82 Å². The average molecular weight is 342 g/mol. The number of nitrogens with two attached hydrogens (primary N) is 1. The van der Waals surface area contributed by atoms with E-state index in [4.69, 9.17) is 18.0 Å². The summed E-state index contributed by atoms with van der Waals surface area (Å²) in [5.41, 5.74) is 6.41. The number of aromatic nitrogens is 1. The first-order valence-electron chi connectivity index (χ1n) is 5.39. The number of thiophene rings is 1. The summed E-state index contributed by atoms with van der Waals surface area (Å²) in [6.07, 6.45) is 2.67. The Balaban J connectivity index is 1.90. The lowest BCUT2D eigenvalue weighted by atomic mass is 10.2. The molecule has 0 spiro atoms. The molecule has 0 aliphatic heterocycles. The van der Waals surface area contributed by atoms with Crippen molar-refractivity contribution in [2.75, 3.05) is 11.9 Å². The monoisotopic (exact) mass is 341 g/mol. The normalized spacial score (nSPS) is 10.3. The molecule has 0 saturated carbocycles. The Bertz CT molecular complexity index is 554.